The first-order chi connectivity index (χ1) is 8.12. The minimum Gasteiger partial charge on any atom is -0.374 e. The van der Waals surface area contributed by atoms with Gasteiger partial charge in [0.1, 0.15) is 0 Å². The lowest BCUT2D eigenvalue weighted by molar-refractivity contribution is -0.00655. The normalized spacial score (nSPS) is 28.6. The van der Waals surface area contributed by atoms with Crippen LogP contribution < -0.4 is 5.73 Å². The van der Waals surface area contributed by atoms with Gasteiger partial charge in [0.15, 0.2) is 0 Å². The number of nitrogens with zero attached hydrogens (tertiary/aromatic N) is 1. The summed E-state index contributed by atoms with van der Waals surface area (Å²) in [4.78, 5) is 2.51. The summed E-state index contributed by atoms with van der Waals surface area (Å²) < 4.78 is 5.99. The maximum Gasteiger partial charge on any atom is 0.0747 e. The van der Waals surface area contributed by atoms with Gasteiger partial charge in [-0.2, -0.15) is 0 Å². The topological polar surface area (TPSA) is 38.5 Å². The maximum atomic E-state index is 5.99. The van der Waals surface area contributed by atoms with E-state index in [1.165, 1.54) is 19.3 Å². The average Bonchev–Trinajstić information content (AvgIpc) is 2.75. The Hall–Kier alpha value is -0.120. The first-order valence-electron chi connectivity index (χ1n) is 7.21. The number of hydrogen-bond donors (Lipinski definition) is 1. The Labute approximate surface area is 107 Å². The van der Waals surface area contributed by atoms with Crippen LogP contribution in [0.5, 0.6) is 0 Å². The van der Waals surface area contributed by atoms with Crippen molar-refractivity contribution in [3.63, 3.8) is 0 Å². The van der Waals surface area contributed by atoms with E-state index >= 15 is 0 Å². The summed E-state index contributed by atoms with van der Waals surface area (Å²) in [5.74, 6) is 0.739. The Balaban J connectivity index is 2.56. The van der Waals surface area contributed by atoms with E-state index in [9.17, 15) is 0 Å². The zero-order chi connectivity index (χ0) is 12.8. The standard InChI is InChI=1S/C14H30N2O/c1-5-11(3)10-16(6-2)13(9-15)14-8-7-12(4)17-14/h11-14H,5-10,15H2,1-4H3. The molecule has 0 saturated carbocycles. The maximum absolute atomic E-state index is 5.99. The molecule has 4 atom stereocenters. The molecule has 0 aromatic heterocycles. The van der Waals surface area contributed by atoms with Gasteiger partial charge in [-0.1, -0.05) is 27.2 Å². The summed E-state index contributed by atoms with van der Waals surface area (Å²) >= 11 is 0. The molecule has 1 rings (SSSR count). The molecule has 1 fully saturated rings. The second-order valence-electron chi connectivity index (χ2n) is 5.47. The van der Waals surface area contributed by atoms with Gasteiger partial charge in [0, 0.05) is 19.1 Å². The quantitative estimate of drug-likeness (QED) is 0.744. The summed E-state index contributed by atoms with van der Waals surface area (Å²) in [5, 5.41) is 0. The molecule has 1 aliphatic heterocycles. The fraction of sp³-hybridized carbons (Fsp3) is 1.00. The predicted molar refractivity (Wildman–Crippen MR) is 73.1 cm³/mol. The van der Waals surface area contributed by atoms with Crippen LogP contribution in [0.3, 0.4) is 0 Å². The molecular weight excluding hydrogens is 212 g/mol. The van der Waals surface area contributed by atoms with Gasteiger partial charge in [-0.25, -0.2) is 0 Å². The molecule has 0 aromatic rings. The Morgan fingerprint density at radius 3 is 2.47 bits per heavy atom. The first-order valence-corrected chi connectivity index (χ1v) is 7.21. The van der Waals surface area contributed by atoms with Crippen molar-refractivity contribution < 1.29 is 4.74 Å². The van der Waals surface area contributed by atoms with Gasteiger partial charge >= 0.3 is 0 Å². The van der Waals surface area contributed by atoms with Crippen molar-refractivity contribution in [3.8, 4) is 0 Å². The monoisotopic (exact) mass is 242 g/mol. The molecule has 2 N–H and O–H groups in total. The van der Waals surface area contributed by atoms with Crippen LogP contribution in [-0.2, 0) is 4.74 Å². The van der Waals surface area contributed by atoms with E-state index in [1.807, 2.05) is 0 Å². The number of ether oxygens (including phenoxy) is 1. The van der Waals surface area contributed by atoms with E-state index in [2.05, 4.69) is 32.6 Å². The third-order valence-electron chi connectivity index (χ3n) is 4.05. The van der Waals surface area contributed by atoms with Gasteiger partial charge in [-0.15, -0.1) is 0 Å². The highest BCUT2D eigenvalue weighted by molar-refractivity contribution is 4.86. The lowest BCUT2D eigenvalue weighted by atomic mass is 10.0. The lowest BCUT2D eigenvalue weighted by Gasteiger charge is -2.35. The molecule has 17 heavy (non-hydrogen) atoms. The largest absolute Gasteiger partial charge is 0.374 e. The van der Waals surface area contributed by atoms with Crippen LogP contribution in [0.15, 0.2) is 0 Å². The third kappa shape index (κ3) is 4.23. The molecule has 3 heteroatoms. The van der Waals surface area contributed by atoms with E-state index in [0.717, 1.165) is 19.0 Å². The molecule has 102 valence electrons. The van der Waals surface area contributed by atoms with Crippen molar-refractivity contribution in [2.45, 2.75) is 65.2 Å². The van der Waals surface area contributed by atoms with Crippen molar-refractivity contribution in [3.05, 3.63) is 0 Å². The van der Waals surface area contributed by atoms with E-state index in [-0.39, 0.29) is 0 Å². The van der Waals surface area contributed by atoms with Gasteiger partial charge in [0.05, 0.1) is 12.2 Å². The van der Waals surface area contributed by atoms with Crippen molar-refractivity contribution >= 4 is 0 Å². The summed E-state index contributed by atoms with van der Waals surface area (Å²) in [6.45, 7) is 11.9. The molecular formula is C14H30N2O. The first kappa shape index (κ1) is 14.9. The molecule has 3 nitrogen and oxygen atoms in total. The van der Waals surface area contributed by atoms with Gasteiger partial charge in [-0.05, 0) is 32.2 Å². The second-order valence-corrected chi connectivity index (χ2v) is 5.47. The highest BCUT2D eigenvalue weighted by atomic mass is 16.5. The highest BCUT2D eigenvalue weighted by Gasteiger charge is 2.32. The average molecular weight is 242 g/mol. The Morgan fingerprint density at radius 1 is 1.35 bits per heavy atom. The fourth-order valence-electron chi connectivity index (χ4n) is 2.68. The number of nitrogens with two attached hydrogens (primary N) is 1. The smallest absolute Gasteiger partial charge is 0.0747 e. The van der Waals surface area contributed by atoms with Crippen LogP contribution >= 0.6 is 0 Å². The summed E-state index contributed by atoms with van der Waals surface area (Å²) in [5.41, 5.74) is 5.97. The van der Waals surface area contributed by atoms with Crippen LogP contribution in [0.2, 0.25) is 0 Å². The van der Waals surface area contributed by atoms with E-state index < -0.39 is 0 Å². The molecule has 0 bridgehead atoms. The zero-order valence-corrected chi connectivity index (χ0v) is 12.0. The van der Waals surface area contributed by atoms with Crippen LogP contribution in [0.4, 0.5) is 0 Å². The molecule has 1 heterocycles. The van der Waals surface area contributed by atoms with Crippen LogP contribution in [0, 0.1) is 5.92 Å². The number of hydrogen-bond acceptors (Lipinski definition) is 3. The zero-order valence-electron chi connectivity index (χ0n) is 12.0. The molecule has 0 amide bonds. The summed E-state index contributed by atoms with van der Waals surface area (Å²) in [6, 6.07) is 0.402. The predicted octanol–water partition coefficient (Wildman–Crippen LogP) is 2.25. The van der Waals surface area contributed by atoms with E-state index in [4.69, 9.17) is 10.5 Å². The Kier molecular flexibility index (Phi) is 6.45. The van der Waals surface area contributed by atoms with Gasteiger partial charge in [-0.3, -0.25) is 4.90 Å². The van der Waals surface area contributed by atoms with Crippen molar-refractivity contribution in [2.24, 2.45) is 11.7 Å². The molecule has 0 spiro atoms. The highest BCUT2D eigenvalue weighted by Crippen LogP contribution is 2.24. The SMILES string of the molecule is CCC(C)CN(CC)C(CN)C1CCC(C)O1. The van der Waals surface area contributed by atoms with Crippen LogP contribution in [-0.4, -0.2) is 42.8 Å². The summed E-state index contributed by atoms with van der Waals surface area (Å²) in [6.07, 6.45) is 4.34. The van der Waals surface area contributed by atoms with E-state index in [1.54, 1.807) is 0 Å². The second kappa shape index (κ2) is 7.34. The van der Waals surface area contributed by atoms with Crippen molar-refractivity contribution in [1.29, 1.82) is 0 Å². The van der Waals surface area contributed by atoms with Crippen molar-refractivity contribution in [2.75, 3.05) is 19.6 Å². The fourth-order valence-corrected chi connectivity index (χ4v) is 2.68. The number of rotatable bonds is 7. The Morgan fingerprint density at radius 2 is 2.06 bits per heavy atom. The molecule has 0 aromatic carbocycles. The molecule has 1 aliphatic rings. The van der Waals surface area contributed by atoms with Gasteiger partial charge in [0.25, 0.3) is 0 Å². The lowest BCUT2D eigenvalue weighted by Crippen LogP contribution is -2.49. The summed E-state index contributed by atoms with van der Waals surface area (Å²) in [7, 11) is 0. The van der Waals surface area contributed by atoms with Gasteiger partial charge < -0.3 is 10.5 Å². The van der Waals surface area contributed by atoms with Crippen LogP contribution in [0.1, 0.15) is 47.0 Å². The molecule has 0 radical (unpaired) electrons. The van der Waals surface area contributed by atoms with Crippen LogP contribution in [0.25, 0.3) is 0 Å². The van der Waals surface area contributed by atoms with Crippen molar-refractivity contribution in [1.82, 2.24) is 4.90 Å². The van der Waals surface area contributed by atoms with Gasteiger partial charge in [0.2, 0.25) is 0 Å². The van der Waals surface area contributed by atoms with E-state index in [0.29, 0.717) is 24.8 Å². The third-order valence-corrected chi connectivity index (χ3v) is 4.05. The molecule has 1 saturated heterocycles. The Bertz CT molecular complexity index is 210. The minimum atomic E-state index is 0.346. The molecule has 4 unspecified atom stereocenters. The number of likely N-dealkylation sites (N-methyl/N-ethyl adjacent to an activating group) is 1. The molecule has 0 aliphatic carbocycles. The minimum absolute atomic E-state index is 0.346.